The van der Waals surface area contributed by atoms with E-state index in [2.05, 4.69) is 20.9 Å². The number of nitrogens with one attached hydrogen (secondary N) is 4. The predicted molar refractivity (Wildman–Crippen MR) is 152 cm³/mol. The topological polar surface area (TPSA) is 165 Å². The predicted octanol–water partition coefficient (Wildman–Crippen LogP) is 4.70. The minimum Gasteiger partial charge on any atom is -0.490 e. The minimum absolute atomic E-state index is 0.113. The first-order valence-electron chi connectivity index (χ1n) is 12.9. The average molecular weight is 602 g/mol. The molecule has 0 aliphatic carbocycles. The Bertz CT molecular complexity index is 1460. The van der Waals surface area contributed by atoms with Crippen LogP contribution in [-0.2, 0) is 14.3 Å². The van der Waals surface area contributed by atoms with E-state index < -0.39 is 30.1 Å². The fourth-order valence-electron chi connectivity index (χ4n) is 3.63. The fourth-order valence-corrected chi connectivity index (χ4v) is 3.63. The number of amidine groups is 1. The van der Waals surface area contributed by atoms with Crippen LogP contribution < -0.4 is 31.4 Å². The van der Waals surface area contributed by atoms with Gasteiger partial charge in [0.15, 0.2) is 11.5 Å². The Labute approximate surface area is 245 Å². The van der Waals surface area contributed by atoms with Crippen LogP contribution in [0.5, 0.6) is 11.5 Å². The van der Waals surface area contributed by atoms with Gasteiger partial charge in [0, 0.05) is 11.3 Å². The Balaban J connectivity index is 1.81. The van der Waals surface area contributed by atoms with E-state index in [9.17, 15) is 27.6 Å². The van der Waals surface area contributed by atoms with Crippen molar-refractivity contribution in [2.75, 3.05) is 17.3 Å². The lowest BCUT2D eigenvalue weighted by Crippen LogP contribution is -2.37. The number of rotatable bonds is 12. The van der Waals surface area contributed by atoms with Gasteiger partial charge in [-0.05, 0) is 87.0 Å². The number of benzene rings is 3. The van der Waals surface area contributed by atoms with Crippen LogP contribution >= 0.6 is 0 Å². The van der Waals surface area contributed by atoms with Crippen LogP contribution in [0.25, 0.3) is 0 Å². The summed E-state index contributed by atoms with van der Waals surface area (Å²) in [6.45, 7) is 5.91. The van der Waals surface area contributed by atoms with E-state index in [4.69, 9.17) is 20.6 Å². The molecule has 3 rings (SSSR count). The van der Waals surface area contributed by atoms with Crippen LogP contribution in [0.15, 0.2) is 66.7 Å². The number of anilines is 2. The molecule has 11 nitrogen and oxygen atoms in total. The Morgan fingerprint density at radius 2 is 1.51 bits per heavy atom. The van der Waals surface area contributed by atoms with Gasteiger partial charge in [-0.2, -0.15) is 13.2 Å². The molecule has 1 unspecified atom stereocenters. The molecule has 3 aromatic carbocycles. The Morgan fingerprint density at radius 1 is 0.907 bits per heavy atom. The summed E-state index contributed by atoms with van der Waals surface area (Å²) >= 11 is 0. The highest BCUT2D eigenvalue weighted by molar-refractivity contribution is 5.98. The second kappa shape index (κ2) is 14.1. The molecule has 3 aromatic rings. The van der Waals surface area contributed by atoms with E-state index in [0.29, 0.717) is 34.9 Å². The largest absolute Gasteiger partial charge is 0.491 e. The highest BCUT2D eigenvalue weighted by Gasteiger charge is 2.42. The number of ether oxygens (including phenoxy) is 3. The molecule has 0 saturated carbocycles. The van der Waals surface area contributed by atoms with E-state index in [1.54, 1.807) is 42.5 Å². The van der Waals surface area contributed by atoms with Gasteiger partial charge in [-0.15, -0.1) is 0 Å². The first-order chi connectivity index (χ1) is 20.3. The lowest BCUT2D eigenvalue weighted by molar-refractivity contribution is -0.193. The standard InChI is InChI=1S/C29H30F3N5O6/c1-4-41-23-15-19(9-14-22(23)42-16(2)3)24(35-20-10-5-17(6-11-20)25(33)34)26(38)37-36-21-12-7-18(8-13-21)27(39)43-28(40)29(30,31)32/h5-16,24,35-36H,4H2,1-3H3,(H3,33,34)(H,37,38). The van der Waals surface area contributed by atoms with Crippen molar-refractivity contribution in [3.05, 3.63) is 83.4 Å². The van der Waals surface area contributed by atoms with Gasteiger partial charge in [0.25, 0.3) is 5.91 Å². The van der Waals surface area contributed by atoms with Crippen LogP contribution in [0.1, 0.15) is 48.3 Å². The zero-order chi connectivity index (χ0) is 31.7. The second-order valence-electron chi connectivity index (χ2n) is 9.24. The molecule has 6 N–H and O–H groups in total. The van der Waals surface area contributed by atoms with E-state index >= 15 is 0 Å². The third-order valence-electron chi connectivity index (χ3n) is 5.60. The quantitative estimate of drug-likeness (QED) is 0.0651. The Kier molecular flexibility index (Phi) is 10.6. The molecule has 0 aliphatic heterocycles. The number of carbonyl (C=O) groups excluding carboxylic acids is 3. The van der Waals surface area contributed by atoms with Gasteiger partial charge < -0.3 is 25.3 Å². The van der Waals surface area contributed by atoms with Crippen LogP contribution in [0.4, 0.5) is 24.5 Å². The number of nitrogen functional groups attached to an aromatic ring is 1. The molecule has 0 bridgehead atoms. The molecule has 0 heterocycles. The minimum atomic E-state index is -5.31. The molecule has 0 radical (unpaired) electrons. The van der Waals surface area contributed by atoms with E-state index in [1.807, 2.05) is 20.8 Å². The van der Waals surface area contributed by atoms with Crippen molar-refractivity contribution in [3.8, 4) is 11.5 Å². The average Bonchev–Trinajstić information content (AvgIpc) is 2.95. The van der Waals surface area contributed by atoms with Gasteiger partial charge in [-0.25, -0.2) is 9.59 Å². The highest BCUT2D eigenvalue weighted by Crippen LogP contribution is 2.33. The zero-order valence-corrected chi connectivity index (χ0v) is 23.4. The fraction of sp³-hybridized carbons (Fsp3) is 0.241. The van der Waals surface area contributed by atoms with Crippen molar-refractivity contribution in [1.29, 1.82) is 5.41 Å². The van der Waals surface area contributed by atoms with Crippen LogP contribution in [0.3, 0.4) is 0 Å². The van der Waals surface area contributed by atoms with Crippen molar-refractivity contribution in [3.63, 3.8) is 0 Å². The van der Waals surface area contributed by atoms with Crippen LogP contribution in [0, 0.1) is 5.41 Å². The first-order valence-corrected chi connectivity index (χ1v) is 12.9. The molecule has 1 amide bonds. The maximum atomic E-state index is 13.4. The summed E-state index contributed by atoms with van der Waals surface area (Å²) in [7, 11) is 0. The molecule has 0 spiro atoms. The summed E-state index contributed by atoms with van der Waals surface area (Å²) in [6, 6.07) is 15.5. The lowest BCUT2D eigenvalue weighted by Gasteiger charge is -2.22. The van der Waals surface area contributed by atoms with Crippen LogP contribution in [-0.4, -0.2) is 42.6 Å². The van der Waals surface area contributed by atoms with E-state index in [0.717, 1.165) is 12.1 Å². The Morgan fingerprint density at radius 3 is 2.07 bits per heavy atom. The number of carbonyl (C=O) groups is 3. The van der Waals surface area contributed by atoms with Crippen molar-refractivity contribution in [2.45, 2.75) is 39.1 Å². The van der Waals surface area contributed by atoms with Gasteiger partial charge in [0.2, 0.25) is 0 Å². The monoisotopic (exact) mass is 601 g/mol. The summed E-state index contributed by atoms with van der Waals surface area (Å²) in [5.41, 5.74) is 12.3. The molecule has 1 atom stereocenters. The van der Waals surface area contributed by atoms with Crippen molar-refractivity contribution < 1.29 is 41.8 Å². The van der Waals surface area contributed by atoms with Gasteiger partial charge in [-0.1, -0.05) is 6.07 Å². The number of amides is 1. The number of halogens is 3. The van der Waals surface area contributed by atoms with E-state index in [-0.39, 0.29) is 23.2 Å². The van der Waals surface area contributed by atoms with Gasteiger partial charge >= 0.3 is 18.1 Å². The number of hydrazine groups is 1. The normalized spacial score (nSPS) is 11.7. The zero-order valence-electron chi connectivity index (χ0n) is 23.4. The molecule has 43 heavy (non-hydrogen) atoms. The summed E-state index contributed by atoms with van der Waals surface area (Å²) in [6.07, 6.45) is -5.43. The molecule has 14 heteroatoms. The van der Waals surface area contributed by atoms with Crippen molar-refractivity contribution in [2.24, 2.45) is 5.73 Å². The molecule has 0 aromatic heterocycles. The van der Waals surface area contributed by atoms with Gasteiger partial charge in [0.1, 0.15) is 11.9 Å². The molecule has 0 aliphatic rings. The summed E-state index contributed by atoms with van der Waals surface area (Å²) in [4.78, 5) is 36.2. The van der Waals surface area contributed by atoms with E-state index in [1.165, 1.54) is 12.1 Å². The smallest absolute Gasteiger partial charge is 0.490 e. The molecule has 0 saturated heterocycles. The molecule has 0 fully saturated rings. The maximum absolute atomic E-state index is 13.4. The van der Waals surface area contributed by atoms with Crippen molar-refractivity contribution >= 4 is 35.1 Å². The molecular formula is C29H30F3N5O6. The highest BCUT2D eigenvalue weighted by atomic mass is 19.4. The number of hydrogen-bond acceptors (Lipinski definition) is 9. The van der Waals surface area contributed by atoms with Gasteiger partial charge in [0.05, 0.1) is 24.0 Å². The first kappa shape index (κ1) is 32.2. The molecular weight excluding hydrogens is 571 g/mol. The third kappa shape index (κ3) is 9.11. The lowest BCUT2D eigenvalue weighted by atomic mass is 10.0. The summed E-state index contributed by atoms with van der Waals surface area (Å²) in [5.74, 6) is -3.84. The SMILES string of the molecule is CCOc1cc(C(Nc2ccc(C(=N)N)cc2)C(=O)NNc2ccc(C(=O)OC(=O)C(F)(F)F)cc2)ccc1OC(C)C. The van der Waals surface area contributed by atoms with Crippen LogP contribution in [0.2, 0.25) is 0 Å². The number of esters is 2. The third-order valence-corrected chi connectivity index (χ3v) is 5.60. The number of alkyl halides is 3. The number of hydrogen-bond donors (Lipinski definition) is 5. The van der Waals surface area contributed by atoms with Gasteiger partial charge in [-0.3, -0.25) is 21.1 Å². The molecule has 228 valence electrons. The van der Waals surface area contributed by atoms with Crippen molar-refractivity contribution in [1.82, 2.24) is 5.43 Å². The Hall–Kier alpha value is -5.27. The second-order valence-corrected chi connectivity index (χ2v) is 9.24. The summed E-state index contributed by atoms with van der Waals surface area (Å²) in [5, 5.41) is 10.7. The number of nitrogens with two attached hydrogens (primary N) is 1. The maximum Gasteiger partial charge on any atom is 0.491 e. The summed E-state index contributed by atoms with van der Waals surface area (Å²) < 4.78 is 52.5.